The van der Waals surface area contributed by atoms with Crippen LogP contribution in [0.1, 0.15) is 56.2 Å². The van der Waals surface area contributed by atoms with Crippen molar-refractivity contribution in [2.45, 2.75) is 69.9 Å². The zero-order valence-corrected chi connectivity index (χ0v) is 28.4. The molecular weight excluding hydrogens is 705 g/mol. The maximum Gasteiger partial charge on any atom is 0.410 e. The Morgan fingerprint density at radius 2 is 1.63 bits per heavy atom. The summed E-state index contributed by atoms with van der Waals surface area (Å²) < 4.78 is 111. The molecule has 0 radical (unpaired) electrons. The molecule has 1 fully saturated rings. The third-order valence-electron chi connectivity index (χ3n) is 7.78. The molecule has 3 atom stereocenters. The van der Waals surface area contributed by atoms with Crippen molar-refractivity contribution >= 4 is 23.8 Å². The smallest absolute Gasteiger partial charge is 0.410 e. The Kier molecular flexibility index (Phi) is 13.1. The number of alkyl carbamates (subject to hydrolysis) is 1. The van der Waals surface area contributed by atoms with E-state index in [1.807, 2.05) is 0 Å². The molecule has 1 saturated heterocycles. The Hall–Kier alpha value is -4.93. The highest BCUT2D eigenvalue weighted by molar-refractivity contribution is 5.92. The lowest BCUT2D eigenvalue weighted by molar-refractivity contribution is -0.124. The zero-order chi connectivity index (χ0) is 38.2. The second kappa shape index (κ2) is 17.1. The summed E-state index contributed by atoms with van der Waals surface area (Å²) in [5.74, 6) is -4.65. The molecule has 0 unspecified atom stereocenters. The molecule has 4 rings (SSSR count). The number of ether oxygens (including phenoxy) is 3. The van der Waals surface area contributed by atoms with Gasteiger partial charge in [-0.25, -0.2) is 27.2 Å². The van der Waals surface area contributed by atoms with Gasteiger partial charge in [-0.2, -0.15) is 13.2 Å². The van der Waals surface area contributed by atoms with Crippen molar-refractivity contribution in [2.75, 3.05) is 31.6 Å². The predicted molar refractivity (Wildman–Crippen MR) is 172 cm³/mol. The van der Waals surface area contributed by atoms with Gasteiger partial charge in [-0.05, 0) is 69.0 Å². The first kappa shape index (κ1) is 39.8. The van der Waals surface area contributed by atoms with Crippen LogP contribution in [0.2, 0.25) is 0 Å². The molecule has 1 aliphatic rings. The number of amides is 3. The number of alkyl halides is 3. The van der Waals surface area contributed by atoms with Gasteiger partial charge in [0.05, 0.1) is 43.4 Å². The van der Waals surface area contributed by atoms with Crippen LogP contribution in [-0.2, 0) is 25.4 Å². The summed E-state index contributed by atoms with van der Waals surface area (Å²) >= 11 is 0. The van der Waals surface area contributed by atoms with Crippen LogP contribution in [0.3, 0.4) is 0 Å². The predicted octanol–water partition coefficient (Wildman–Crippen LogP) is 7.02. The zero-order valence-electron chi connectivity index (χ0n) is 28.4. The molecule has 2 aromatic carbocycles. The third kappa shape index (κ3) is 12.1. The maximum atomic E-state index is 15.2. The Bertz CT molecular complexity index is 1700. The summed E-state index contributed by atoms with van der Waals surface area (Å²) in [6, 6.07) is 6.93. The number of aromatic nitrogens is 1. The number of nitrogens with one attached hydrogen (secondary N) is 2. The van der Waals surface area contributed by atoms with Gasteiger partial charge in [0.1, 0.15) is 42.0 Å². The number of pyridine rings is 1. The molecular formula is C35H37F7N4O6. The Morgan fingerprint density at radius 1 is 0.962 bits per heavy atom. The van der Waals surface area contributed by atoms with Crippen LogP contribution in [-0.4, -0.2) is 78.2 Å². The van der Waals surface area contributed by atoms with Crippen LogP contribution in [0.4, 0.5) is 46.0 Å². The van der Waals surface area contributed by atoms with Gasteiger partial charge < -0.3 is 24.8 Å². The van der Waals surface area contributed by atoms with Crippen molar-refractivity contribution in [1.82, 2.24) is 15.2 Å². The summed E-state index contributed by atoms with van der Waals surface area (Å²) in [5.41, 5.74) is -0.367. The number of morpholine rings is 1. The van der Waals surface area contributed by atoms with Gasteiger partial charge in [0, 0.05) is 24.0 Å². The van der Waals surface area contributed by atoms with Gasteiger partial charge in [0.25, 0.3) is 0 Å². The summed E-state index contributed by atoms with van der Waals surface area (Å²) in [5, 5.41) is 4.18. The Balaban J connectivity index is 1.45. The number of nitrogens with zero attached hydrogens (tertiary/aromatic N) is 2. The quantitative estimate of drug-likeness (QED) is 0.203. The first-order valence-corrected chi connectivity index (χ1v) is 16.1. The van der Waals surface area contributed by atoms with Crippen molar-refractivity contribution in [3.8, 4) is 0 Å². The van der Waals surface area contributed by atoms with E-state index in [4.69, 9.17) is 14.2 Å². The van der Waals surface area contributed by atoms with Crippen molar-refractivity contribution in [2.24, 2.45) is 0 Å². The largest absolute Gasteiger partial charge is 0.447 e. The summed E-state index contributed by atoms with van der Waals surface area (Å²) in [6.45, 7) is 2.43. The number of hydrogen-bond donors (Lipinski definition) is 2. The van der Waals surface area contributed by atoms with E-state index < -0.39 is 84.4 Å². The number of rotatable bonds is 11. The highest BCUT2D eigenvalue weighted by Gasteiger charge is 2.36. The average molecular weight is 743 g/mol. The lowest BCUT2D eigenvalue weighted by atomic mass is 9.88. The monoisotopic (exact) mass is 742 g/mol. The second-order valence-corrected chi connectivity index (χ2v) is 13.1. The molecule has 10 nitrogen and oxygen atoms in total. The van der Waals surface area contributed by atoms with Gasteiger partial charge in [0.2, 0.25) is 5.91 Å². The fourth-order valence-electron chi connectivity index (χ4n) is 5.43. The average Bonchev–Trinajstić information content (AvgIpc) is 3.04. The molecule has 0 aliphatic carbocycles. The van der Waals surface area contributed by atoms with Crippen LogP contribution < -0.4 is 10.6 Å². The molecule has 2 N–H and O–H groups in total. The summed E-state index contributed by atoms with van der Waals surface area (Å²) in [4.78, 5) is 43.3. The molecule has 1 aliphatic heterocycles. The van der Waals surface area contributed by atoms with Gasteiger partial charge in [-0.3, -0.25) is 14.7 Å². The third-order valence-corrected chi connectivity index (χ3v) is 7.78. The van der Waals surface area contributed by atoms with E-state index in [0.29, 0.717) is 11.6 Å². The van der Waals surface area contributed by atoms with Crippen LogP contribution in [0.15, 0.2) is 54.9 Å². The van der Waals surface area contributed by atoms with Crippen molar-refractivity contribution in [3.63, 3.8) is 0 Å². The highest BCUT2D eigenvalue weighted by Crippen LogP contribution is 2.31. The molecule has 2 heterocycles. The van der Waals surface area contributed by atoms with Crippen LogP contribution in [0.5, 0.6) is 0 Å². The highest BCUT2D eigenvalue weighted by atomic mass is 19.4. The van der Waals surface area contributed by atoms with E-state index in [0.717, 1.165) is 30.5 Å². The molecule has 17 heteroatoms. The number of halogens is 7. The van der Waals surface area contributed by atoms with Crippen LogP contribution >= 0.6 is 0 Å². The SMILES string of the molecule is CC(C)(C)OC(=O)N1C[C@@H](CCc2c(F)cncc2NC(=O)C[C@@H](c2ccc(F)cc2)c2cc(F)cc(F)c2)OC[C@@H]1COC(=O)NCC(F)(F)F. The van der Waals surface area contributed by atoms with E-state index >= 15 is 4.39 Å². The lowest BCUT2D eigenvalue weighted by Gasteiger charge is -2.39. The minimum absolute atomic E-state index is 0.00392. The fraction of sp³-hybridized carbons (Fsp3) is 0.429. The number of anilines is 1. The molecule has 52 heavy (non-hydrogen) atoms. The van der Waals surface area contributed by atoms with Crippen LogP contribution in [0, 0.1) is 23.3 Å². The summed E-state index contributed by atoms with van der Waals surface area (Å²) in [6.07, 6.45) is -5.66. The lowest BCUT2D eigenvalue weighted by Crippen LogP contribution is -2.55. The van der Waals surface area contributed by atoms with Crippen molar-refractivity contribution in [1.29, 1.82) is 0 Å². The van der Waals surface area contributed by atoms with Crippen molar-refractivity contribution < 1.29 is 59.3 Å². The van der Waals surface area contributed by atoms with E-state index in [1.165, 1.54) is 23.2 Å². The number of benzene rings is 2. The molecule has 0 spiro atoms. The van der Waals surface area contributed by atoms with E-state index in [-0.39, 0.29) is 49.2 Å². The van der Waals surface area contributed by atoms with Gasteiger partial charge in [-0.1, -0.05) is 12.1 Å². The Labute approximate surface area is 294 Å². The number of carbonyl (C=O) groups is 3. The molecule has 282 valence electrons. The van der Waals surface area contributed by atoms with Gasteiger partial charge >= 0.3 is 18.4 Å². The van der Waals surface area contributed by atoms with Gasteiger partial charge in [0.15, 0.2) is 0 Å². The summed E-state index contributed by atoms with van der Waals surface area (Å²) in [7, 11) is 0. The molecule has 3 amide bonds. The minimum Gasteiger partial charge on any atom is -0.447 e. The second-order valence-electron chi connectivity index (χ2n) is 13.1. The van der Waals surface area contributed by atoms with E-state index in [9.17, 15) is 40.7 Å². The van der Waals surface area contributed by atoms with Crippen molar-refractivity contribution in [3.05, 3.63) is 94.8 Å². The molecule has 1 aromatic heterocycles. The minimum atomic E-state index is -4.66. The van der Waals surface area contributed by atoms with Crippen LogP contribution in [0.25, 0.3) is 0 Å². The first-order valence-electron chi connectivity index (χ1n) is 16.1. The fourth-order valence-corrected chi connectivity index (χ4v) is 5.43. The topological polar surface area (TPSA) is 119 Å². The maximum absolute atomic E-state index is 15.2. The first-order chi connectivity index (χ1) is 24.4. The number of carbonyl (C=O) groups excluding carboxylic acids is 3. The molecule has 0 bridgehead atoms. The molecule has 0 saturated carbocycles. The number of hydrogen-bond acceptors (Lipinski definition) is 7. The Morgan fingerprint density at radius 3 is 2.27 bits per heavy atom. The normalized spacial score (nSPS) is 16.9. The molecule has 3 aromatic rings. The van der Waals surface area contributed by atoms with Gasteiger partial charge in [-0.15, -0.1) is 0 Å². The van der Waals surface area contributed by atoms with E-state index in [1.54, 1.807) is 26.1 Å². The van der Waals surface area contributed by atoms with E-state index in [2.05, 4.69) is 10.3 Å². The standard InChI is InChI=1S/C35H37F7N4O6/c1-34(2,3)52-33(49)46-16-26(50-17-25(46)18-51-32(48)44-19-35(40,41)42)8-9-27-29(39)14-43-15-30(27)45-31(47)13-28(20-4-6-22(36)7-5-20)21-10-23(37)12-24(38)11-21/h4-7,10-12,14-15,25-26,28H,8-9,13,16-19H2,1-3H3,(H,44,48)(H,45,47)/t25-,26-,28+/m1/s1.